The predicted molar refractivity (Wildman–Crippen MR) is 108 cm³/mol. The number of fused-ring (bicyclic) bond motifs is 1. The van der Waals surface area contributed by atoms with Crippen LogP contribution in [-0.2, 0) is 17.8 Å². The van der Waals surface area contributed by atoms with Gasteiger partial charge >= 0.3 is 0 Å². The summed E-state index contributed by atoms with van der Waals surface area (Å²) in [6, 6.07) is 4.18. The Kier molecular flexibility index (Phi) is 6.82. The smallest absolute Gasteiger partial charge is 0.289 e. The van der Waals surface area contributed by atoms with Crippen LogP contribution in [0, 0.1) is 15.2 Å². The lowest BCUT2D eigenvalue weighted by Crippen LogP contribution is -2.34. The maximum atomic E-state index is 14.9. The lowest BCUT2D eigenvalue weighted by Gasteiger charge is -2.18. The van der Waals surface area contributed by atoms with Gasteiger partial charge in [0.25, 0.3) is 11.5 Å². The Balaban J connectivity index is 2.01. The fourth-order valence-corrected chi connectivity index (χ4v) is 3.49. The van der Waals surface area contributed by atoms with E-state index in [4.69, 9.17) is 9.94 Å². The van der Waals surface area contributed by atoms with Crippen LogP contribution in [-0.4, -0.2) is 40.0 Å². The van der Waals surface area contributed by atoms with E-state index in [-0.39, 0.29) is 17.8 Å². The first-order chi connectivity index (χ1) is 13.8. The number of carbonyl (C=O) groups excluding carboxylic acids is 1. The monoisotopic (exact) mass is 521 g/mol. The van der Waals surface area contributed by atoms with Crippen molar-refractivity contribution in [2.24, 2.45) is 0 Å². The van der Waals surface area contributed by atoms with Gasteiger partial charge in [0.15, 0.2) is 0 Å². The molecule has 29 heavy (non-hydrogen) atoms. The van der Waals surface area contributed by atoms with Gasteiger partial charge in [0, 0.05) is 15.8 Å². The molecule has 1 aromatic heterocycles. The van der Waals surface area contributed by atoms with Gasteiger partial charge in [0.1, 0.15) is 18.5 Å². The molecule has 1 aliphatic heterocycles. The number of pyridine rings is 1. The van der Waals surface area contributed by atoms with Gasteiger partial charge in [-0.05, 0) is 53.6 Å². The third-order valence-corrected chi connectivity index (χ3v) is 5.05. The zero-order chi connectivity index (χ0) is 21.1. The number of nitrogens with one attached hydrogen (secondary N) is 2. The number of hydrogen-bond acceptors (Lipinski definition) is 6. The fraction of sp³-hybridized carbons (Fsp3) is 0.333. The molecule has 1 aromatic carbocycles. The molecular weight excluding hydrogens is 503 g/mol. The maximum Gasteiger partial charge on any atom is 0.289 e. The summed E-state index contributed by atoms with van der Waals surface area (Å²) >= 11 is 1.92. The summed E-state index contributed by atoms with van der Waals surface area (Å²) < 4.78 is 30.9. The minimum atomic E-state index is -1.21. The highest BCUT2D eigenvalue weighted by Crippen LogP contribution is 2.30. The van der Waals surface area contributed by atoms with Crippen LogP contribution in [0.5, 0.6) is 0 Å². The second-order valence-corrected chi connectivity index (χ2v) is 7.64. The Bertz CT molecular complexity index is 998. The molecule has 2 heterocycles. The van der Waals surface area contributed by atoms with Crippen LogP contribution in [0.2, 0.25) is 0 Å². The van der Waals surface area contributed by atoms with Crippen molar-refractivity contribution in [3.63, 3.8) is 0 Å². The van der Waals surface area contributed by atoms with Crippen molar-refractivity contribution in [2.75, 3.05) is 18.5 Å². The molecule has 156 valence electrons. The van der Waals surface area contributed by atoms with Gasteiger partial charge in [-0.3, -0.25) is 14.4 Å². The van der Waals surface area contributed by atoms with Crippen LogP contribution in [0.3, 0.4) is 0 Å². The lowest BCUT2D eigenvalue weighted by molar-refractivity contribution is -0.0295. The fourth-order valence-electron chi connectivity index (χ4n) is 3.03. The molecule has 3 rings (SSSR count). The number of hydroxylamine groups is 1. The van der Waals surface area contributed by atoms with Crippen LogP contribution < -0.4 is 16.4 Å². The summed E-state index contributed by atoms with van der Waals surface area (Å²) in [5.74, 6) is -2.76. The number of nitrogens with zero attached hydrogens (tertiary/aromatic N) is 1. The molecule has 1 atom stereocenters. The quantitative estimate of drug-likeness (QED) is 0.324. The summed E-state index contributed by atoms with van der Waals surface area (Å²) in [4.78, 5) is 29.9. The van der Waals surface area contributed by atoms with E-state index in [0.717, 1.165) is 0 Å². The van der Waals surface area contributed by atoms with Gasteiger partial charge in [-0.15, -0.1) is 0 Å². The van der Waals surface area contributed by atoms with Gasteiger partial charge < -0.3 is 20.1 Å². The summed E-state index contributed by atoms with van der Waals surface area (Å²) in [7, 11) is 0. The molecule has 0 fully saturated rings. The van der Waals surface area contributed by atoms with Crippen LogP contribution >= 0.6 is 22.6 Å². The van der Waals surface area contributed by atoms with Gasteiger partial charge in [-0.25, -0.2) is 9.87 Å². The molecule has 1 amide bonds. The molecule has 1 unspecified atom stereocenters. The third kappa shape index (κ3) is 4.57. The Labute approximate surface area is 177 Å². The Morgan fingerprint density at radius 2 is 2.14 bits per heavy atom. The first kappa shape index (κ1) is 21.6. The minimum Gasteiger partial charge on any atom is -0.394 e. The lowest BCUT2D eigenvalue weighted by atomic mass is 10.1. The van der Waals surface area contributed by atoms with Crippen molar-refractivity contribution < 1.29 is 28.6 Å². The van der Waals surface area contributed by atoms with E-state index in [1.54, 1.807) is 6.07 Å². The Morgan fingerprint density at radius 1 is 1.38 bits per heavy atom. The van der Waals surface area contributed by atoms with Crippen LogP contribution in [0.25, 0.3) is 0 Å². The Hall–Kier alpha value is -2.09. The number of rotatable bonds is 7. The molecule has 0 spiro atoms. The maximum absolute atomic E-state index is 14.9. The largest absolute Gasteiger partial charge is 0.394 e. The zero-order valence-corrected chi connectivity index (χ0v) is 17.2. The van der Waals surface area contributed by atoms with Crippen LogP contribution in [0.15, 0.2) is 23.0 Å². The highest BCUT2D eigenvalue weighted by Gasteiger charge is 2.29. The molecule has 1 aliphatic rings. The van der Waals surface area contributed by atoms with Crippen molar-refractivity contribution in [2.45, 2.75) is 25.5 Å². The SMILES string of the molecule is O=C(NOCC(O)CO)c1c(Nc2ccc(I)cc2F)c(F)c(=O)n2c1CCC2. The van der Waals surface area contributed by atoms with Gasteiger partial charge in [-0.1, -0.05) is 0 Å². The van der Waals surface area contributed by atoms with E-state index in [2.05, 4.69) is 10.8 Å². The van der Waals surface area contributed by atoms with Gasteiger partial charge in [-0.2, -0.15) is 4.39 Å². The molecule has 8 nitrogen and oxygen atoms in total. The van der Waals surface area contributed by atoms with E-state index in [0.29, 0.717) is 22.1 Å². The number of aliphatic hydroxyl groups excluding tert-OH is 2. The van der Waals surface area contributed by atoms with Crippen molar-refractivity contribution in [3.05, 3.63) is 55.0 Å². The number of hydrogen-bond donors (Lipinski definition) is 4. The van der Waals surface area contributed by atoms with Crippen molar-refractivity contribution in [1.29, 1.82) is 0 Å². The van der Waals surface area contributed by atoms with Crippen LogP contribution in [0.1, 0.15) is 22.5 Å². The highest BCUT2D eigenvalue weighted by atomic mass is 127. The topological polar surface area (TPSA) is 113 Å². The summed E-state index contributed by atoms with van der Waals surface area (Å²) in [6.45, 7) is -0.707. The van der Waals surface area contributed by atoms with Gasteiger partial charge in [0.2, 0.25) is 5.82 Å². The van der Waals surface area contributed by atoms with E-state index in [1.165, 1.54) is 16.7 Å². The molecule has 0 aliphatic carbocycles. The molecule has 2 aromatic rings. The number of anilines is 2. The molecule has 0 saturated heterocycles. The van der Waals surface area contributed by atoms with E-state index >= 15 is 0 Å². The number of aromatic nitrogens is 1. The predicted octanol–water partition coefficient (Wildman–Crippen LogP) is 1.44. The summed E-state index contributed by atoms with van der Waals surface area (Å²) in [6.07, 6.45) is -0.323. The summed E-state index contributed by atoms with van der Waals surface area (Å²) in [5, 5.41) is 20.6. The summed E-state index contributed by atoms with van der Waals surface area (Å²) in [5.41, 5.74) is 0.724. The second kappa shape index (κ2) is 9.15. The van der Waals surface area contributed by atoms with E-state index in [1.807, 2.05) is 22.6 Å². The number of amides is 1. The average Bonchev–Trinajstić information content (AvgIpc) is 3.17. The third-order valence-electron chi connectivity index (χ3n) is 4.38. The molecule has 0 saturated carbocycles. The van der Waals surface area contributed by atoms with Crippen molar-refractivity contribution in [1.82, 2.24) is 10.0 Å². The first-order valence-electron chi connectivity index (χ1n) is 8.71. The van der Waals surface area contributed by atoms with E-state index in [9.17, 15) is 23.5 Å². The zero-order valence-electron chi connectivity index (χ0n) is 15.0. The second-order valence-electron chi connectivity index (χ2n) is 6.40. The van der Waals surface area contributed by atoms with E-state index < -0.39 is 48.1 Å². The number of halogens is 3. The molecule has 4 N–H and O–H groups in total. The average molecular weight is 521 g/mol. The Morgan fingerprint density at radius 3 is 2.83 bits per heavy atom. The van der Waals surface area contributed by atoms with Crippen LogP contribution in [0.4, 0.5) is 20.2 Å². The first-order valence-corrected chi connectivity index (χ1v) is 9.79. The number of carbonyl (C=O) groups is 1. The molecule has 0 bridgehead atoms. The normalized spacial score (nSPS) is 13.8. The van der Waals surface area contributed by atoms with Gasteiger partial charge in [0.05, 0.1) is 23.5 Å². The van der Waals surface area contributed by atoms with Crippen molar-refractivity contribution >= 4 is 39.9 Å². The molecular formula is C18H18F2IN3O5. The minimum absolute atomic E-state index is 0.0997. The van der Waals surface area contributed by atoms with Crippen molar-refractivity contribution in [3.8, 4) is 0 Å². The number of aliphatic hydroxyl groups is 2. The highest BCUT2D eigenvalue weighted by molar-refractivity contribution is 14.1. The molecule has 11 heteroatoms. The number of benzene rings is 1. The molecule has 0 radical (unpaired) electrons. The standard InChI is InChI=1S/C18H18F2IN3O5/c19-11-6-9(21)3-4-12(11)22-16-14(17(27)23-29-8-10(26)7-25)13-2-1-5-24(13)18(28)15(16)20/h3-4,6,10,22,25-26H,1-2,5,7-8H2,(H,23,27).